The molecule has 1 atom stereocenters. The maximum atomic E-state index is 10.3. The molecule has 0 spiro atoms. The van der Waals surface area contributed by atoms with Crippen LogP contribution in [0.25, 0.3) is 5.70 Å². The van der Waals surface area contributed by atoms with Crippen molar-refractivity contribution in [2.45, 2.75) is 32.9 Å². The number of hydrogen-bond donors (Lipinski definition) is 1. The Morgan fingerprint density at radius 1 is 1.26 bits per heavy atom. The van der Waals surface area contributed by atoms with Gasteiger partial charge in [0, 0.05) is 11.3 Å². The molecular weight excluding hydrogens is 244 g/mol. The summed E-state index contributed by atoms with van der Waals surface area (Å²) in [6, 6.07) is 3.68. The predicted molar refractivity (Wildman–Crippen MR) is 71.7 cm³/mol. The summed E-state index contributed by atoms with van der Waals surface area (Å²) in [5.41, 5.74) is 0.117. The van der Waals surface area contributed by atoms with Crippen LogP contribution >= 0.6 is 0 Å². The van der Waals surface area contributed by atoms with Crippen molar-refractivity contribution in [2.24, 2.45) is 4.99 Å². The summed E-state index contributed by atoms with van der Waals surface area (Å²) < 4.78 is 10.6. The van der Waals surface area contributed by atoms with Gasteiger partial charge >= 0.3 is 0 Å². The van der Waals surface area contributed by atoms with E-state index in [-0.39, 0.29) is 0 Å². The number of methoxy groups -OCH3 is 2. The number of hydroxylamine groups is 2. The summed E-state index contributed by atoms with van der Waals surface area (Å²) in [6.45, 7) is 5.76. The topological polar surface area (TPSA) is 54.3 Å². The van der Waals surface area contributed by atoms with Crippen molar-refractivity contribution in [2.75, 3.05) is 14.2 Å². The first-order chi connectivity index (χ1) is 8.96. The smallest absolute Gasteiger partial charge is 0.162 e. The van der Waals surface area contributed by atoms with Crippen LogP contribution < -0.4 is 20.0 Å². The van der Waals surface area contributed by atoms with Crippen molar-refractivity contribution < 1.29 is 14.7 Å². The van der Waals surface area contributed by atoms with Crippen LogP contribution in [0.2, 0.25) is 0 Å². The first-order valence-corrected chi connectivity index (χ1v) is 6.28. The third-order valence-corrected chi connectivity index (χ3v) is 3.70. The van der Waals surface area contributed by atoms with Gasteiger partial charge in [-0.1, -0.05) is 6.92 Å². The van der Waals surface area contributed by atoms with E-state index in [9.17, 15) is 5.21 Å². The molecule has 0 aromatic heterocycles. The minimum absolute atomic E-state index is 0.629. The molecule has 0 aliphatic carbocycles. The van der Waals surface area contributed by atoms with Gasteiger partial charge in [-0.05, 0) is 26.3 Å². The van der Waals surface area contributed by atoms with Crippen LogP contribution in [0.5, 0.6) is 11.5 Å². The Hall–Kier alpha value is -1.75. The van der Waals surface area contributed by atoms with Crippen LogP contribution in [0.4, 0.5) is 0 Å². The lowest BCUT2D eigenvalue weighted by molar-refractivity contribution is -0.116. The van der Waals surface area contributed by atoms with Gasteiger partial charge in [0.25, 0.3) is 0 Å². The SMILES string of the molecule is CCC1(C)N=c2cc(OC)c(OC)cc2=C(C)N1O. The van der Waals surface area contributed by atoms with Gasteiger partial charge in [-0.15, -0.1) is 0 Å². The number of hydrogen-bond acceptors (Lipinski definition) is 5. The van der Waals surface area contributed by atoms with E-state index >= 15 is 0 Å². The molecule has 1 aromatic rings. The minimum atomic E-state index is -0.642. The summed E-state index contributed by atoms with van der Waals surface area (Å²) in [4.78, 5) is 4.63. The standard InChI is InChI=1S/C14H20N2O3/c1-6-14(3)15-11-8-13(19-5)12(18-4)7-10(11)9(2)16(14)17/h7-8,17H,6H2,1-5H3. The molecule has 0 fully saturated rings. The highest BCUT2D eigenvalue weighted by Crippen LogP contribution is 2.27. The molecule has 0 bridgehead atoms. The molecule has 1 heterocycles. The molecule has 1 aliphatic heterocycles. The highest BCUT2D eigenvalue weighted by molar-refractivity contribution is 5.48. The molecule has 1 aromatic carbocycles. The quantitative estimate of drug-likeness (QED) is 0.893. The lowest BCUT2D eigenvalue weighted by atomic mass is 10.1. The normalized spacial score (nSPS) is 21.8. The fraction of sp³-hybridized carbons (Fsp3) is 0.500. The first kappa shape index (κ1) is 13.7. The van der Waals surface area contributed by atoms with Gasteiger partial charge in [0.2, 0.25) is 0 Å². The fourth-order valence-electron chi connectivity index (χ4n) is 2.26. The number of nitrogens with zero attached hydrogens (tertiary/aromatic N) is 2. The van der Waals surface area contributed by atoms with Crippen LogP contribution in [0, 0.1) is 0 Å². The van der Waals surface area contributed by atoms with Gasteiger partial charge in [0.05, 0.1) is 25.3 Å². The van der Waals surface area contributed by atoms with Crippen LogP contribution in [0.1, 0.15) is 27.2 Å². The molecule has 1 unspecified atom stereocenters. The van der Waals surface area contributed by atoms with Gasteiger partial charge in [-0.25, -0.2) is 5.06 Å². The second-order valence-electron chi connectivity index (χ2n) is 4.80. The monoisotopic (exact) mass is 264 g/mol. The van der Waals surface area contributed by atoms with Crippen LogP contribution in [0.3, 0.4) is 0 Å². The Labute approximate surface area is 112 Å². The Morgan fingerprint density at radius 3 is 2.37 bits per heavy atom. The zero-order chi connectivity index (χ0) is 14.2. The van der Waals surface area contributed by atoms with Crippen LogP contribution in [0.15, 0.2) is 17.1 Å². The molecule has 1 aliphatic rings. The maximum Gasteiger partial charge on any atom is 0.162 e. The highest BCUT2D eigenvalue weighted by Gasteiger charge is 2.31. The zero-order valence-electron chi connectivity index (χ0n) is 12.0. The van der Waals surface area contributed by atoms with Gasteiger partial charge < -0.3 is 9.47 Å². The largest absolute Gasteiger partial charge is 0.493 e. The molecule has 19 heavy (non-hydrogen) atoms. The Balaban J connectivity index is 2.80. The summed E-state index contributed by atoms with van der Waals surface area (Å²) in [5, 5.41) is 13.2. The van der Waals surface area contributed by atoms with E-state index in [2.05, 4.69) is 4.99 Å². The number of rotatable bonds is 3. The van der Waals surface area contributed by atoms with E-state index in [1.54, 1.807) is 14.2 Å². The maximum absolute atomic E-state index is 10.3. The Morgan fingerprint density at radius 2 is 1.84 bits per heavy atom. The lowest BCUT2D eigenvalue weighted by Gasteiger charge is -2.36. The van der Waals surface area contributed by atoms with Crippen molar-refractivity contribution in [1.82, 2.24) is 5.06 Å². The van der Waals surface area contributed by atoms with Crippen LogP contribution in [-0.4, -0.2) is 30.2 Å². The summed E-state index contributed by atoms with van der Waals surface area (Å²) in [6.07, 6.45) is 0.703. The molecule has 5 heteroatoms. The van der Waals surface area contributed by atoms with Crippen LogP contribution in [-0.2, 0) is 0 Å². The van der Waals surface area contributed by atoms with E-state index < -0.39 is 5.66 Å². The molecule has 2 rings (SSSR count). The van der Waals surface area contributed by atoms with E-state index in [4.69, 9.17) is 9.47 Å². The third-order valence-electron chi connectivity index (χ3n) is 3.70. The Bertz CT molecular complexity index is 612. The van der Waals surface area contributed by atoms with Gasteiger partial charge in [-0.3, -0.25) is 10.2 Å². The summed E-state index contributed by atoms with van der Waals surface area (Å²) >= 11 is 0. The average Bonchev–Trinajstić information content (AvgIpc) is 2.43. The third kappa shape index (κ3) is 2.04. The van der Waals surface area contributed by atoms with Gasteiger partial charge in [0.15, 0.2) is 17.2 Å². The lowest BCUT2D eigenvalue weighted by Crippen LogP contribution is -2.50. The minimum Gasteiger partial charge on any atom is -0.493 e. The number of fused-ring (bicyclic) bond motifs is 1. The molecule has 104 valence electrons. The molecular formula is C14H20N2O3. The second-order valence-corrected chi connectivity index (χ2v) is 4.80. The van der Waals surface area contributed by atoms with E-state index in [0.717, 1.165) is 16.3 Å². The molecule has 0 amide bonds. The number of ether oxygens (including phenoxy) is 2. The highest BCUT2D eigenvalue weighted by atomic mass is 16.5. The fourth-order valence-corrected chi connectivity index (χ4v) is 2.26. The van der Waals surface area contributed by atoms with E-state index in [1.165, 1.54) is 5.06 Å². The average molecular weight is 264 g/mol. The van der Waals surface area contributed by atoms with Gasteiger partial charge in [-0.2, -0.15) is 0 Å². The zero-order valence-corrected chi connectivity index (χ0v) is 12.0. The van der Waals surface area contributed by atoms with Crippen molar-refractivity contribution >= 4 is 5.70 Å². The number of benzene rings is 1. The molecule has 0 saturated carbocycles. The summed E-state index contributed by atoms with van der Waals surface area (Å²) in [7, 11) is 3.19. The Kier molecular flexibility index (Phi) is 3.41. The molecule has 0 radical (unpaired) electrons. The van der Waals surface area contributed by atoms with Crippen molar-refractivity contribution in [1.29, 1.82) is 0 Å². The first-order valence-electron chi connectivity index (χ1n) is 6.28. The van der Waals surface area contributed by atoms with E-state index in [1.807, 2.05) is 32.9 Å². The molecule has 5 nitrogen and oxygen atoms in total. The molecule has 0 saturated heterocycles. The van der Waals surface area contributed by atoms with E-state index in [0.29, 0.717) is 17.9 Å². The van der Waals surface area contributed by atoms with Crippen molar-refractivity contribution in [3.63, 3.8) is 0 Å². The van der Waals surface area contributed by atoms with Gasteiger partial charge in [0.1, 0.15) is 0 Å². The summed E-state index contributed by atoms with van der Waals surface area (Å²) in [5.74, 6) is 1.27. The van der Waals surface area contributed by atoms with Crippen molar-refractivity contribution in [3.05, 3.63) is 22.7 Å². The molecule has 1 N–H and O–H groups in total. The second kappa shape index (κ2) is 4.74. The van der Waals surface area contributed by atoms with Crippen molar-refractivity contribution in [3.8, 4) is 11.5 Å². The predicted octanol–water partition coefficient (Wildman–Crippen LogP) is 1.28.